The van der Waals surface area contributed by atoms with E-state index in [1.165, 1.54) is 7.11 Å². The summed E-state index contributed by atoms with van der Waals surface area (Å²) in [6, 6.07) is 3.33. The second kappa shape index (κ2) is 12.0. The molecule has 0 radical (unpaired) electrons. The zero-order valence-corrected chi connectivity index (χ0v) is 24.0. The van der Waals surface area contributed by atoms with Gasteiger partial charge in [-0.25, -0.2) is 14.2 Å². The molecule has 39 heavy (non-hydrogen) atoms. The highest BCUT2D eigenvalue weighted by atomic mass is 79.9. The van der Waals surface area contributed by atoms with Crippen molar-refractivity contribution in [1.29, 1.82) is 0 Å². The Morgan fingerprint density at radius 1 is 1.36 bits per heavy atom. The highest BCUT2D eigenvalue weighted by Crippen LogP contribution is 2.40. The van der Waals surface area contributed by atoms with Crippen LogP contribution in [0, 0.1) is 11.7 Å². The maximum Gasteiger partial charge on any atom is 0.413 e. The second-order valence-electron chi connectivity index (χ2n) is 9.80. The Morgan fingerprint density at radius 2 is 2.13 bits per heavy atom. The van der Waals surface area contributed by atoms with Crippen molar-refractivity contribution in [3.8, 4) is 11.8 Å². The number of pyridine rings is 1. The standard InChI is InChI=1S/C25H28BrClFN5O6/c1-25(2,3)39-24(35)32-21-12(6-5-7-29-21)8-30-14-11-37-9-13(14)10-38-20-15-19(18(28)16(26)17(20)27)31-23(36-4)33-22(15)34/h5-7,13-14,30H,8-11H2,1-4H3,(H,29,32,35)(H,31,33,34). The number of halogens is 3. The Hall–Kier alpha value is -3.00. The summed E-state index contributed by atoms with van der Waals surface area (Å²) in [5.41, 5.74) is -0.787. The molecule has 0 bridgehead atoms. The fourth-order valence-electron chi connectivity index (χ4n) is 3.98. The number of anilines is 1. The maximum absolute atomic E-state index is 14.9. The molecule has 11 nitrogen and oxygen atoms in total. The smallest absolute Gasteiger partial charge is 0.413 e. The number of H-pyrrole nitrogens is 1. The van der Waals surface area contributed by atoms with Gasteiger partial charge in [0.05, 0.1) is 31.4 Å². The van der Waals surface area contributed by atoms with Crippen LogP contribution in [-0.2, 0) is 16.0 Å². The summed E-state index contributed by atoms with van der Waals surface area (Å²) in [5.74, 6) is -0.562. The highest BCUT2D eigenvalue weighted by molar-refractivity contribution is 9.10. The molecule has 1 aliphatic heterocycles. The number of aromatic amines is 1. The van der Waals surface area contributed by atoms with Crippen molar-refractivity contribution in [3.05, 3.63) is 49.6 Å². The van der Waals surface area contributed by atoms with E-state index in [1.807, 2.05) is 6.07 Å². The summed E-state index contributed by atoms with van der Waals surface area (Å²) in [4.78, 5) is 35.7. The number of amides is 1. The van der Waals surface area contributed by atoms with Crippen molar-refractivity contribution >= 4 is 50.3 Å². The molecule has 210 valence electrons. The van der Waals surface area contributed by atoms with Gasteiger partial charge in [-0.3, -0.25) is 15.1 Å². The van der Waals surface area contributed by atoms with Crippen molar-refractivity contribution < 1.29 is 28.1 Å². The molecule has 1 aromatic carbocycles. The third-order valence-corrected chi connectivity index (χ3v) is 7.15. The first-order valence-electron chi connectivity index (χ1n) is 12.0. The van der Waals surface area contributed by atoms with Crippen LogP contribution in [0.1, 0.15) is 26.3 Å². The van der Waals surface area contributed by atoms with Crippen LogP contribution in [-0.4, -0.2) is 59.6 Å². The molecule has 4 rings (SSSR count). The molecule has 2 unspecified atom stereocenters. The van der Waals surface area contributed by atoms with Crippen molar-refractivity contribution in [2.75, 3.05) is 32.2 Å². The van der Waals surface area contributed by atoms with Crippen molar-refractivity contribution in [3.63, 3.8) is 0 Å². The molecule has 2 aromatic heterocycles. The third-order valence-electron chi connectivity index (χ3n) is 5.82. The van der Waals surface area contributed by atoms with Gasteiger partial charge in [-0.15, -0.1) is 0 Å². The van der Waals surface area contributed by atoms with E-state index in [0.29, 0.717) is 25.6 Å². The van der Waals surface area contributed by atoms with Gasteiger partial charge in [-0.05, 0) is 42.8 Å². The number of benzene rings is 1. The minimum absolute atomic E-state index is 0.00176. The van der Waals surface area contributed by atoms with E-state index in [0.717, 1.165) is 5.56 Å². The van der Waals surface area contributed by atoms with E-state index < -0.39 is 23.1 Å². The predicted molar refractivity (Wildman–Crippen MR) is 146 cm³/mol. The van der Waals surface area contributed by atoms with Gasteiger partial charge in [0, 0.05) is 30.3 Å². The summed E-state index contributed by atoms with van der Waals surface area (Å²) in [6.07, 6.45) is 0.974. The summed E-state index contributed by atoms with van der Waals surface area (Å²) >= 11 is 9.48. The van der Waals surface area contributed by atoms with E-state index in [2.05, 4.69) is 41.5 Å². The van der Waals surface area contributed by atoms with E-state index in [1.54, 1.807) is 33.0 Å². The van der Waals surface area contributed by atoms with Crippen LogP contribution in [0.5, 0.6) is 11.8 Å². The number of fused-ring (bicyclic) bond motifs is 1. The molecule has 2 atom stereocenters. The first kappa shape index (κ1) is 29.0. The maximum atomic E-state index is 14.9. The summed E-state index contributed by atoms with van der Waals surface area (Å²) in [5, 5.41) is 5.87. The van der Waals surface area contributed by atoms with Crippen molar-refractivity contribution in [2.24, 2.45) is 5.92 Å². The summed E-state index contributed by atoms with van der Waals surface area (Å²) < 4.78 is 36.7. The average Bonchev–Trinajstić information content (AvgIpc) is 3.33. The first-order valence-corrected chi connectivity index (χ1v) is 13.2. The zero-order chi connectivity index (χ0) is 28.3. The number of carbonyl (C=O) groups excluding carboxylic acids is 1. The topological polar surface area (TPSA) is 137 Å². The Morgan fingerprint density at radius 3 is 2.85 bits per heavy atom. The minimum Gasteiger partial charge on any atom is -0.491 e. The van der Waals surface area contributed by atoms with Crippen molar-refractivity contribution in [2.45, 2.75) is 39.0 Å². The van der Waals surface area contributed by atoms with E-state index >= 15 is 0 Å². The molecule has 14 heteroatoms. The summed E-state index contributed by atoms with van der Waals surface area (Å²) in [7, 11) is 1.31. The number of carbonyl (C=O) groups is 1. The van der Waals surface area contributed by atoms with Crippen LogP contribution in [0.3, 0.4) is 0 Å². The lowest BCUT2D eigenvalue weighted by atomic mass is 10.0. The molecule has 1 aliphatic rings. The molecule has 1 amide bonds. The Kier molecular flexibility index (Phi) is 8.94. The lowest BCUT2D eigenvalue weighted by Crippen LogP contribution is -2.38. The molecule has 0 spiro atoms. The number of nitrogens with one attached hydrogen (secondary N) is 3. The molecule has 3 heterocycles. The predicted octanol–water partition coefficient (Wildman–Crippen LogP) is 4.41. The third kappa shape index (κ3) is 6.78. The van der Waals surface area contributed by atoms with Gasteiger partial charge in [-0.2, -0.15) is 4.98 Å². The molecule has 0 saturated carbocycles. The molecule has 0 aliphatic carbocycles. The zero-order valence-electron chi connectivity index (χ0n) is 21.7. The lowest BCUT2D eigenvalue weighted by Gasteiger charge is -2.22. The minimum atomic E-state index is -0.803. The van der Waals surface area contributed by atoms with Gasteiger partial charge in [0.1, 0.15) is 27.3 Å². The van der Waals surface area contributed by atoms with Gasteiger partial charge >= 0.3 is 6.09 Å². The normalized spacial score (nSPS) is 17.3. The van der Waals surface area contributed by atoms with Crippen LogP contribution < -0.4 is 25.7 Å². The molecular formula is C25H28BrClFN5O6. The van der Waals surface area contributed by atoms with Gasteiger partial charge < -0.3 is 24.3 Å². The van der Waals surface area contributed by atoms with Crippen molar-refractivity contribution in [1.82, 2.24) is 20.3 Å². The average molecular weight is 629 g/mol. The van der Waals surface area contributed by atoms with Gasteiger partial charge in [-0.1, -0.05) is 17.7 Å². The Labute approximate surface area is 236 Å². The monoisotopic (exact) mass is 627 g/mol. The van der Waals surface area contributed by atoms with Crippen LogP contribution in [0.4, 0.5) is 15.0 Å². The van der Waals surface area contributed by atoms with E-state index in [9.17, 15) is 14.0 Å². The molecule has 3 aromatic rings. The molecule has 1 saturated heterocycles. The second-order valence-corrected chi connectivity index (χ2v) is 11.0. The number of ether oxygens (including phenoxy) is 4. The quantitative estimate of drug-likeness (QED) is 0.310. The fourth-order valence-corrected chi connectivity index (χ4v) is 4.58. The Bertz CT molecular complexity index is 1430. The van der Waals surface area contributed by atoms with Crippen LogP contribution in [0.2, 0.25) is 5.02 Å². The highest BCUT2D eigenvalue weighted by Gasteiger charge is 2.30. The molecule has 1 fully saturated rings. The number of hydrogen-bond donors (Lipinski definition) is 3. The van der Waals surface area contributed by atoms with Gasteiger partial charge in [0.2, 0.25) is 0 Å². The first-order chi connectivity index (χ1) is 18.5. The fraction of sp³-hybridized carbons (Fsp3) is 0.440. The van der Waals surface area contributed by atoms with Gasteiger partial charge in [0.25, 0.3) is 11.6 Å². The van der Waals surface area contributed by atoms with E-state index in [4.69, 9.17) is 30.5 Å². The molecular weight excluding hydrogens is 601 g/mol. The van der Waals surface area contributed by atoms with Crippen LogP contribution >= 0.6 is 27.5 Å². The largest absolute Gasteiger partial charge is 0.491 e. The summed E-state index contributed by atoms with van der Waals surface area (Å²) in [6.45, 7) is 6.61. The number of methoxy groups -OCH3 is 1. The Balaban J connectivity index is 1.47. The van der Waals surface area contributed by atoms with Crippen LogP contribution in [0.25, 0.3) is 10.9 Å². The molecule has 3 N–H and O–H groups in total. The number of rotatable bonds is 8. The number of nitrogens with zero attached hydrogens (tertiary/aromatic N) is 2. The van der Waals surface area contributed by atoms with Crippen LogP contribution in [0.15, 0.2) is 27.6 Å². The lowest BCUT2D eigenvalue weighted by molar-refractivity contribution is 0.0635. The number of aromatic nitrogens is 3. The number of hydrogen-bond acceptors (Lipinski definition) is 9. The van der Waals surface area contributed by atoms with Gasteiger partial charge in [0.15, 0.2) is 11.6 Å². The van der Waals surface area contributed by atoms with E-state index in [-0.39, 0.29) is 50.7 Å². The SMILES string of the molecule is COc1nc2c(F)c(Br)c(Cl)c(OCC3COCC3NCc3cccnc3NC(=O)OC(C)(C)C)c2c(=O)[nH]1.